The van der Waals surface area contributed by atoms with Crippen LogP contribution >= 0.6 is 0 Å². The third-order valence-corrected chi connectivity index (χ3v) is 6.00. The Morgan fingerprint density at radius 2 is 1.87 bits per heavy atom. The molecule has 2 N–H and O–H groups in total. The van der Waals surface area contributed by atoms with Crippen LogP contribution in [0.4, 0.5) is 11.4 Å². The summed E-state index contributed by atoms with van der Waals surface area (Å²) in [7, 11) is -0.561. The molecule has 0 radical (unpaired) electrons. The maximum atomic E-state index is 11.9. The number of nitrogens with one attached hydrogen (secondary N) is 1. The summed E-state index contributed by atoms with van der Waals surface area (Å²) in [5, 5.41) is 11.1. The van der Waals surface area contributed by atoms with Crippen molar-refractivity contribution in [2.75, 3.05) is 24.7 Å². The fourth-order valence-corrected chi connectivity index (χ4v) is 3.62. The van der Waals surface area contributed by atoms with Gasteiger partial charge < -0.3 is 14.8 Å². The Hall–Kier alpha value is -3.33. The zero-order valence-corrected chi connectivity index (χ0v) is 17.9. The number of sulfonamides is 1. The van der Waals surface area contributed by atoms with E-state index in [0.717, 1.165) is 6.26 Å². The number of methoxy groups -OCH3 is 1. The highest BCUT2D eigenvalue weighted by Gasteiger charge is 2.18. The molecule has 0 fully saturated rings. The number of hydrogen-bond donors (Lipinski definition) is 2. The van der Waals surface area contributed by atoms with E-state index in [2.05, 4.69) is 9.98 Å². The van der Waals surface area contributed by atoms with Gasteiger partial charge in [-0.3, -0.25) is 9.30 Å². The first-order valence-corrected chi connectivity index (χ1v) is 11.1. The number of benzene rings is 2. The molecule has 8 nitrogen and oxygen atoms in total. The lowest BCUT2D eigenvalue weighted by Gasteiger charge is -2.16. The molecule has 0 saturated carbocycles. The van der Waals surface area contributed by atoms with Gasteiger partial charge in [0.1, 0.15) is 0 Å². The van der Waals surface area contributed by atoms with Crippen LogP contribution in [0, 0.1) is 0 Å². The Morgan fingerprint density at radius 3 is 2.43 bits per heavy atom. The van der Waals surface area contributed by atoms with Crippen LogP contribution in [0.5, 0.6) is 5.88 Å². The Balaban J connectivity index is 2.05. The minimum absolute atomic E-state index is 0.0407. The molecule has 0 aliphatic heterocycles. The molecule has 3 aromatic rings. The van der Waals surface area contributed by atoms with Gasteiger partial charge in [0.05, 0.1) is 41.6 Å². The number of carbonyl (C=O) groups excluding carboxylic acids is 1. The van der Waals surface area contributed by atoms with Crippen LogP contribution in [0.1, 0.15) is 29.3 Å². The third kappa shape index (κ3) is 4.16. The lowest BCUT2D eigenvalue weighted by Crippen LogP contribution is -2.24. The quantitative estimate of drug-likeness (QED) is 0.459. The predicted molar refractivity (Wildman–Crippen MR) is 117 cm³/mol. The van der Waals surface area contributed by atoms with E-state index >= 15 is 0 Å². The summed E-state index contributed by atoms with van der Waals surface area (Å²) in [5.74, 6) is -0.509. The molecular weight excluding hydrogens is 406 g/mol. The van der Waals surface area contributed by atoms with Gasteiger partial charge in [-0.05, 0) is 48.9 Å². The molecule has 0 aliphatic rings. The van der Waals surface area contributed by atoms with Gasteiger partial charge in [0.25, 0.3) is 0 Å². The molecule has 1 heterocycles. The van der Waals surface area contributed by atoms with Crippen molar-refractivity contribution in [1.29, 1.82) is 0 Å². The number of H-pyrrole nitrogens is 1. The number of esters is 1. The number of nitrogens with zero attached hydrogens (tertiary/aromatic N) is 2. The van der Waals surface area contributed by atoms with Crippen molar-refractivity contribution >= 4 is 44.0 Å². The van der Waals surface area contributed by atoms with Crippen LogP contribution in [-0.2, 0) is 14.8 Å². The first-order chi connectivity index (χ1) is 14.2. The van der Waals surface area contributed by atoms with Gasteiger partial charge in [0.2, 0.25) is 10.0 Å². The van der Waals surface area contributed by atoms with Gasteiger partial charge in [0, 0.05) is 18.0 Å². The smallest absolute Gasteiger partial charge is 0.337 e. The number of carbonyl (C=O) groups is 1. The Labute approximate surface area is 174 Å². The number of ether oxygens (including phenoxy) is 1. The fourth-order valence-electron chi connectivity index (χ4n) is 3.11. The summed E-state index contributed by atoms with van der Waals surface area (Å²) in [6.07, 6.45) is 1.66. The van der Waals surface area contributed by atoms with Crippen LogP contribution in [0.15, 0.2) is 47.5 Å². The number of aromatic nitrogens is 1. The molecule has 30 heavy (non-hydrogen) atoms. The topological polar surface area (TPSA) is 112 Å². The van der Waals surface area contributed by atoms with Crippen molar-refractivity contribution in [2.24, 2.45) is 4.99 Å². The molecule has 3 rings (SSSR count). The van der Waals surface area contributed by atoms with Crippen molar-refractivity contribution in [1.82, 2.24) is 4.98 Å². The van der Waals surface area contributed by atoms with Gasteiger partial charge in [-0.2, -0.15) is 0 Å². The lowest BCUT2D eigenvalue weighted by atomic mass is 10.0. The minimum Gasteiger partial charge on any atom is -0.494 e. The fraction of sp³-hybridized carbons (Fsp3) is 0.238. The van der Waals surface area contributed by atoms with Crippen molar-refractivity contribution in [2.45, 2.75) is 13.3 Å². The average molecular weight is 429 g/mol. The Bertz CT molecular complexity index is 1230. The first-order valence-electron chi connectivity index (χ1n) is 9.20. The predicted octanol–water partition coefficient (Wildman–Crippen LogP) is 3.59. The molecule has 0 unspecified atom stereocenters. The number of rotatable bonds is 6. The van der Waals surface area contributed by atoms with Gasteiger partial charge >= 0.3 is 5.97 Å². The summed E-state index contributed by atoms with van der Waals surface area (Å²) in [4.78, 5) is 19.4. The summed E-state index contributed by atoms with van der Waals surface area (Å²) in [6.45, 7) is 1.91. The normalized spacial score (nSPS) is 12.2. The molecule has 0 aliphatic carbocycles. The molecule has 0 atom stereocenters. The Kier molecular flexibility index (Phi) is 5.84. The van der Waals surface area contributed by atoms with Gasteiger partial charge in [-0.1, -0.05) is 6.92 Å². The molecular formula is C21H23N3O5S. The highest BCUT2D eigenvalue weighted by Crippen LogP contribution is 2.31. The second-order valence-electron chi connectivity index (χ2n) is 6.76. The van der Waals surface area contributed by atoms with E-state index in [1.54, 1.807) is 42.5 Å². The van der Waals surface area contributed by atoms with E-state index in [9.17, 15) is 18.3 Å². The molecule has 158 valence electrons. The number of fused-ring (bicyclic) bond motifs is 1. The van der Waals surface area contributed by atoms with E-state index in [1.807, 2.05) is 6.92 Å². The number of aromatic amines is 1. The number of anilines is 1. The van der Waals surface area contributed by atoms with E-state index < -0.39 is 16.0 Å². The SMILES string of the molecule is CCC(=Nc1ccc(N(C)S(C)(=O)=O)cc1)c1c(O)[nH]c2ccc(C(=O)OC)cc12. The lowest BCUT2D eigenvalue weighted by molar-refractivity contribution is 0.0601. The highest BCUT2D eigenvalue weighted by atomic mass is 32.2. The van der Waals surface area contributed by atoms with Crippen LogP contribution in [0.2, 0.25) is 0 Å². The van der Waals surface area contributed by atoms with Crippen LogP contribution in [0.3, 0.4) is 0 Å². The van der Waals surface area contributed by atoms with Crippen molar-refractivity contribution in [3.05, 3.63) is 53.6 Å². The van der Waals surface area contributed by atoms with E-state index in [1.165, 1.54) is 18.5 Å². The van der Waals surface area contributed by atoms with E-state index in [4.69, 9.17) is 4.74 Å². The van der Waals surface area contributed by atoms with Crippen molar-refractivity contribution < 1.29 is 23.1 Å². The Morgan fingerprint density at radius 1 is 1.20 bits per heavy atom. The summed E-state index contributed by atoms with van der Waals surface area (Å²) < 4.78 is 29.3. The highest BCUT2D eigenvalue weighted by molar-refractivity contribution is 7.92. The van der Waals surface area contributed by atoms with E-state index in [0.29, 0.717) is 45.5 Å². The van der Waals surface area contributed by atoms with Crippen molar-refractivity contribution in [3.8, 4) is 5.88 Å². The first kappa shape index (κ1) is 21.4. The second kappa shape index (κ2) is 8.19. The van der Waals surface area contributed by atoms with Gasteiger partial charge in [-0.15, -0.1) is 0 Å². The monoisotopic (exact) mass is 429 g/mol. The maximum absolute atomic E-state index is 11.9. The average Bonchev–Trinajstić information content (AvgIpc) is 3.05. The van der Waals surface area contributed by atoms with Crippen LogP contribution in [-0.4, -0.2) is 50.6 Å². The maximum Gasteiger partial charge on any atom is 0.337 e. The summed E-state index contributed by atoms with van der Waals surface area (Å²) in [6, 6.07) is 11.7. The number of aromatic hydroxyl groups is 1. The van der Waals surface area contributed by atoms with E-state index in [-0.39, 0.29) is 5.88 Å². The van der Waals surface area contributed by atoms with Gasteiger partial charge in [0.15, 0.2) is 5.88 Å². The van der Waals surface area contributed by atoms with Gasteiger partial charge in [-0.25, -0.2) is 13.2 Å². The molecule has 1 aromatic heterocycles. The van der Waals surface area contributed by atoms with Crippen LogP contribution < -0.4 is 4.31 Å². The summed E-state index contributed by atoms with van der Waals surface area (Å²) >= 11 is 0. The number of hydrogen-bond acceptors (Lipinski definition) is 6. The second-order valence-corrected chi connectivity index (χ2v) is 8.77. The molecule has 0 spiro atoms. The van der Waals surface area contributed by atoms with Crippen molar-refractivity contribution in [3.63, 3.8) is 0 Å². The molecule has 0 amide bonds. The molecule has 2 aromatic carbocycles. The largest absolute Gasteiger partial charge is 0.494 e. The zero-order valence-electron chi connectivity index (χ0n) is 17.1. The van der Waals surface area contributed by atoms with Crippen LogP contribution in [0.25, 0.3) is 10.9 Å². The molecule has 0 saturated heterocycles. The standard InChI is InChI=1S/C21H23N3O5S/c1-5-17(22-14-7-9-15(10-8-14)24(2)30(4,27)28)19-16-12-13(21(26)29-3)6-11-18(16)23-20(19)25/h6-12,23,25H,5H2,1-4H3. The molecule has 9 heteroatoms. The zero-order chi connectivity index (χ0) is 22.1. The number of aliphatic imine (C=N–C) groups is 1. The third-order valence-electron chi connectivity index (χ3n) is 4.80. The summed E-state index contributed by atoms with van der Waals surface area (Å²) in [5.41, 5.74) is 3.29. The minimum atomic E-state index is -3.35. The molecule has 0 bridgehead atoms.